The second-order valence-electron chi connectivity index (χ2n) is 6.49. The van der Waals surface area contributed by atoms with Crippen molar-refractivity contribution in [3.8, 4) is 5.69 Å². The second-order valence-corrected chi connectivity index (χ2v) is 7.33. The lowest BCUT2D eigenvalue weighted by Gasteiger charge is -2.33. The maximum absolute atomic E-state index is 13.1. The summed E-state index contributed by atoms with van der Waals surface area (Å²) in [5, 5.41) is 8.31. The zero-order valence-electron chi connectivity index (χ0n) is 15.7. The minimum absolute atomic E-state index is 0.198. The van der Waals surface area contributed by atoms with Crippen molar-refractivity contribution in [3.05, 3.63) is 66.2 Å². The molecule has 0 spiro atoms. The number of aromatic nitrogens is 3. The second kappa shape index (κ2) is 8.04. The quantitative estimate of drug-likeness (QED) is 0.477. The number of hydrogen-bond acceptors (Lipinski definition) is 5. The van der Waals surface area contributed by atoms with Gasteiger partial charge in [0.15, 0.2) is 0 Å². The number of anilines is 1. The molecule has 9 heteroatoms. The molecule has 0 aliphatic carbocycles. The number of halogens is 1. The van der Waals surface area contributed by atoms with E-state index in [1.54, 1.807) is 22.6 Å². The van der Waals surface area contributed by atoms with Crippen LogP contribution in [-0.2, 0) is 16.1 Å². The number of benzene rings is 2. The van der Waals surface area contributed by atoms with E-state index < -0.39 is 17.6 Å². The average molecular weight is 411 g/mol. The molecule has 1 aliphatic heterocycles. The first-order valence-corrected chi connectivity index (χ1v) is 10.2. The Morgan fingerprint density at radius 1 is 1.03 bits per heavy atom. The van der Waals surface area contributed by atoms with E-state index in [1.165, 1.54) is 34.1 Å². The highest BCUT2D eigenvalue weighted by Gasteiger charge is 2.33. The van der Waals surface area contributed by atoms with Crippen LogP contribution in [0.1, 0.15) is 5.69 Å². The third-order valence-corrected chi connectivity index (χ3v) is 5.46. The van der Waals surface area contributed by atoms with Crippen LogP contribution >= 0.6 is 11.8 Å². The van der Waals surface area contributed by atoms with Gasteiger partial charge in [-0.15, -0.1) is 16.9 Å². The van der Waals surface area contributed by atoms with E-state index in [9.17, 15) is 14.0 Å². The molecule has 1 aliphatic rings. The van der Waals surface area contributed by atoms with Crippen LogP contribution in [0.3, 0.4) is 0 Å². The van der Waals surface area contributed by atoms with Gasteiger partial charge in [0.05, 0.1) is 18.4 Å². The number of hydrogen-bond donors (Lipinski definition) is 0. The van der Waals surface area contributed by atoms with Crippen LogP contribution in [-0.4, -0.2) is 51.1 Å². The zero-order valence-corrected chi connectivity index (χ0v) is 16.5. The van der Waals surface area contributed by atoms with E-state index in [1.807, 2.05) is 30.5 Å². The van der Waals surface area contributed by atoms with Gasteiger partial charge in [-0.05, 0) is 42.7 Å². The Balaban J connectivity index is 1.47. The molecule has 0 bridgehead atoms. The molecule has 3 aromatic rings. The van der Waals surface area contributed by atoms with E-state index in [0.717, 1.165) is 10.6 Å². The summed E-state index contributed by atoms with van der Waals surface area (Å²) in [6.45, 7) is 0.888. The molecule has 0 saturated carbocycles. The molecular formula is C20H18FN5O2S. The molecule has 0 unspecified atom stereocenters. The molecule has 1 saturated heterocycles. The summed E-state index contributed by atoms with van der Waals surface area (Å²) in [5.74, 6) is -1.64. The number of carbonyl (C=O) groups is 2. The fourth-order valence-electron chi connectivity index (χ4n) is 3.20. The average Bonchev–Trinajstić information content (AvgIpc) is 3.21. The molecule has 148 valence electrons. The largest absolute Gasteiger partial charge is 0.327 e. The van der Waals surface area contributed by atoms with Crippen molar-refractivity contribution >= 4 is 29.3 Å². The number of piperazine rings is 1. The standard InChI is InChI=1S/C20H18FN5O2S/c1-29-18-5-3-2-4-17(18)26-13-15(22-23-26)12-24-10-11-25(20(28)19(24)27)16-8-6-14(21)7-9-16/h2-9,13H,10-12H2,1H3. The number of nitrogens with zero attached hydrogens (tertiary/aromatic N) is 5. The fourth-order valence-corrected chi connectivity index (χ4v) is 3.78. The molecule has 1 fully saturated rings. The molecule has 2 heterocycles. The smallest absolute Gasteiger partial charge is 0.316 e. The molecule has 29 heavy (non-hydrogen) atoms. The maximum atomic E-state index is 13.1. The number of amides is 2. The molecule has 7 nitrogen and oxygen atoms in total. The number of carbonyl (C=O) groups excluding carboxylic acids is 2. The number of para-hydroxylation sites is 1. The van der Waals surface area contributed by atoms with E-state index in [2.05, 4.69) is 10.3 Å². The molecule has 1 aromatic heterocycles. The van der Waals surface area contributed by atoms with Gasteiger partial charge in [0, 0.05) is 23.7 Å². The Morgan fingerprint density at radius 3 is 2.55 bits per heavy atom. The van der Waals surface area contributed by atoms with Crippen LogP contribution in [0.2, 0.25) is 0 Å². The molecule has 0 N–H and O–H groups in total. The van der Waals surface area contributed by atoms with Crippen LogP contribution in [0, 0.1) is 5.82 Å². The summed E-state index contributed by atoms with van der Waals surface area (Å²) in [6.07, 6.45) is 3.75. The lowest BCUT2D eigenvalue weighted by molar-refractivity contribution is -0.146. The zero-order chi connectivity index (χ0) is 20.4. The fraction of sp³-hybridized carbons (Fsp3) is 0.200. The summed E-state index contributed by atoms with van der Waals surface area (Å²) in [6, 6.07) is 13.3. The van der Waals surface area contributed by atoms with Crippen LogP contribution < -0.4 is 4.90 Å². The van der Waals surface area contributed by atoms with Gasteiger partial charge in [-0.3, -0.25) is 9.59 Å². The summed E-state index contributed by atoms with van der Waals surface area (Å²) < 4.78 is 14.8. The first-order valence-electron chi connectivity index (χ1n) is 8.98. The summed E-state index contributed by atoms with van der Waals surface area (Å²) >= 11 is 1.61. The van der Waals surface area contributed by atoms with Gasteiger partial charge in [0.2, 0.25) is 0 Å². The molecule has 4 rings (SSSR count). The predicted octanol–water partition coefficient (Wildman–Crippen LogP) is 2.50. The van der Waals surface area contributed by atoms with Crippen molar-refractivity contribution in [2.45, 2.75) is 11.4 Å². The molecule has 2 aromatic carbocycles. The van der Waals surface area contributed by atoms with E-state index in [-0.39, 0.29) is 6.54 Å². The highest BCUT2D eigenvalue weighted by Crippen LogP contribution is 2.23. The number of rotatable bonds is 5. The normalized spacial score (nSPS) is 14.6. The third kappa shape index (κ3) is 3.86. The van der Waals surface area contributed by atoms with Crippen molar-refractivity contribution < 1.29 is 14.0 Å². The maximum Gasteiger partial charge on any atom is 0.316 e. The van der Waals surface area contributed by atoms with Gasteiger partial charge < -0.3 is 9.80 Å². The van der Waals surface area contributed by atoms with Crippen LogP contribution in [0.4, 0.5) is 10.1 Å². The van der Waals surface area contributed by atoms with Gasteiger partial charge >= 0.3 is 11.8 Å². The van der Waals surface area contributed by atoms with Gasteiger partial charge in [0.1, 0.15) is 11.5 Å². The summed E-state index contributed by atoms with van der Waals surface area (Å²) in [5.41, 5.74) is 2.00. The van der Waals surface area contributed by atoms with Crippen molar-refractivity contribution in [1.29, 1.82) is 0 Å². The van der Waals surface area contributed by atoms with Gasteiger partial charge in [-0.25, -0.2) is 9.07 Å². The van der Waals surface area contributed by atoms with Crippen LogP contribution in [0.15, 0.2) is 59.6 Å². The summed E-state index contributed by atoms with van der Waals surface area (Å²) in [7, 11) is 0. The summed E-state index contributed by atoms with van der Waals surface area (Å²) in [4.78, 5) is 29.0. The van der Waals surface area contributed by atoms with Gasteiger partial charge in [0.25, 0.3) is 0 Å². The van der Waals surface area contributed by atoms with Crippen LogP contribution in [0.5, 0.6) is 0 Å². The van der Waals surface area contributed by atoms with Gasteiger partial charge in [-0.2, -0.15) is 0 Å². The van der Waals surface area contributed by atoms with E-state index in [0.29, 0.717) is 24.5 Å². The van der Waals surface area contributed by atoms with E-state index >= 15 is 0 Å². The van der Waals surface area contributed by atoms with Crippen molar-refractivity contribution in [3.63, 3.8) is 0 Å². The van der Waals surface area contributed by atoms with Crippen molar-refractivity contribution in [2.24, 2.45) is 0 Å². The first-order chi connectivity index (χ1) is 14.1. The van der Waals surface area contributed by atoms with Gasteiger partial charge in [-0.1, -0.05) is 17.3 Å². The minimum Gasteiger partial charge on any atom is -0.327 e. The Hall–Kier alpha value is -3.20. The molecule has 0 atom stereocenters. The molecule has 0 radical (unpaired) electrons. The Kier molecular flexibility index (Phi) is 5.30. The Morgan fingerprint density at radius 2 is 1.79 bits per heavy atom. The van der Waals surface area contributed by atoms with Crippen LogP contribution in [0.25, 0.3) is 5.69 Å². The topological polar surface area (TPSA) is 71.3 Å². The molecule has 2 amide bonds. The number of thioether (sulfide) groups is 1. The highest BCUT2D eigenvalue weighted by atomic mass is 32.2. The Bertz CT molecular complexity index is 1050. The molecular weight excluding hydrogens is 393 g/mol. The highest BCUT2D eigenvalue weighted by molar-refractivity contribution is 7.98. The third-order valence-electron chi connectivity index (χ3n) is 4.67. The lowest BCUT2D eigenvalue weighted by Crippen LogP contribution is -2.54. The van der Waals surface area contributed by atoms with Crippen molar-refractivity contribution in [2.75, 3.05) is 24.2 Å². The predicted molar refractivity (Wildman–Crippen MR) is 107 cm³/mol. The monoisotopic (exact) mass is 411 g/mol. The SMILES string of the molecule is CSc1ccccc1-n1cc(CN2CCN(c3ccc(F)cc3)C(=O)C2=O)nn1. The van der Waals surface area contributed by atoms with E-state index in [4.69, 9.17) is 0 Å². The lowest BCUT2D eigenvalue weighted by atomic mass is 10.2. The minimum atomic E-state index is -0.636. The first kappa shape index (κ1) is 19.1. The Labute approximate surface area is 171 Å². The van der Waals surface area contributed by atoms with Crippen molar-refractivity contribution in [1.82, 2.24) is 19.9 Å².